The van der Waals surface area contributed by atoms with Gasteiger partial charge in [0.25, 0.3) is 0 Å². The lowest BCUT2D eigenvalue weighted by Gasteiger charge is -2.32. The Morgan fingerprint density at radius 3 is 2.42 bits per heavy atom. The van der Waals surface area contributed by atoms with E-state index in [4.69, 9.17) is 9.73 Å². The maximum atomic E-state index is 9.52. The van der Waals surface area contributed by atoms with Crippen LogP contribution in [0.3, 0.4) is 0 Å². The Balaban J connectivity index is 2.04. The molecule has 1 heterocycles. The van der Waals surface area contributed by atoms with Crippen LogP contribution in [0.15, 0.2) is 29.3 Å². The summed E-state index contributed by atoms with van der Waals surface area (Å²) in [5, 5.41) is 24.8. The molecular weight excluding hydrogens is 392 g/mol. The number of guanidine groups is 1. The molecule has 8 nitrogen and oxygen atoms in total. The highest BCUT2D eigenvalue weighted by Crippen LogP contribution is 2.29. The highest BCUT2D eigenvalue weighted by Gasteiger charge is 2.25. The van der Waals surface area contributed by atoms with Crippen LogP contribution in [0, 0.1) is 12.3 Å². The minimum atomic E-state index is 0.0501. The number of rotatable bonds is 12. The van der Waals surface area contributed by atoms with Gasteiger partial charge in [0, 0.05) is 26.7 Å². The number of aromatic nitrogens is 3. The van der Waals surface area contributed by atoms with Gasteiger partial charge in [0.2, 0.25) is 0 Å². The fourth-order valence-corrected chi connectivity index (χ4v) is 3.48. The molecule has 0 atom stereocenters. The standard InChI is InChI=1S/C23H38N6O2/c1-6-23(7-2,13-15-30)17-26-22(25-16-21-28-27-18(3)29(21)4)24-14-12-19-8-10-20(31-5)11-9-19/h8-11,30H,6-7,12-17H2,1-5H3,(H2,24,25,26). The Hall–Kier alpha value is -2.61. The summed E-state index contributed by atoms with van der Waals surface area (Å²) in [5.74, 6) is 3.30. The van der Waals surface area contributed by atoms with Crippen molar-refractivity contribution < 1.29 is 9.84 Å². The third kappa shape index (κ3) is 7.24. The van der Waals surface area contributed by atoms with E-state index in [1.807, 2.05) is 30.7 Å². The number of nitrogens with zero attached hydrogens (tertiary/aromatic N) is 4. The molecule has 0 bridgehead atoms. The minimum absolute atomic E-state index is 0.0501. The first-order valence-corrected chi connectivity index (χ1v) is 11.1. The van der Waals surface area contributed by atoms with Gasteiger partial charge in [-0.15, -0.1) is 10.2 Å². The number of methoxy groups -OCH3 is 1. The molecule has 172 valence electrons. The summed E-state index contributed by atoms with van der Waals surface area (Å²) in [4.78, 5) is 4.75. The number of aliphatic hydroxyl groups is 1. The van der Waals surface area contributed by atoms with Gasteiger partial charge in [-0.3, -0.25) is 0 Å². The van der Waals surface area contributed by atoms with Crippen LogP contribution in [0.5, 0.6) is 5.75 Å². The Labute approximate surface area is 186 Å². The van der Waals surface area contributed by atoms with Crippen LogP contribution >= 0.6 is 0 Å². The van der Waals surface area contributed by atoms with Gasteiger partial charge in [0.05, 0.1) is 7.11 Å². The molecule has 0 saturated heterocycles. The van der Waals surface area contributed by atoms with Crippen molar-refractivity contribution >= 4 is 5.96 Å². The maximum absolute atomic E-state index is 9.52. The number of hydrogen-bond donors (Lipinski definition) is 3. The zero-order valence-electron chi connectivity index (χ0n) is 19.6. The molecule has 0 saturated carbocycles. The third-order valence-electron chi connectivity index (χ3n) is 6.20. The van der Waals surface area contributed by atoms with Crippen LogP contribution in [0.1, 0.15) is 50.3 Å². The van der Waals surface area contributed by atoms with Crippen LogP contribution < -0.4 is 15.4 Å². The second-order valence-corrected chi connectivity index (χ2v) is 7.95. The summed E-state index contributed by atoms with van der Waals surface area (Å²) in [6.45, 7) is 8.43. The molecular formula is C23H38N6O2. The maximum Gasteiger partial charge on any atom is 0.191 e. The van der Waals surface area contributed by atoms with Crippen molar-refractivity contribution in [3.05, 3.63) is 41.5 Å². The molecule has 2 aromatic rings. The van der Waals surface area contributed by atoms with Crippen LogP contribution in [-0.2, 0) is 20.0 Å². The number of hydrogen-bond acceptors (Lipinski definition) is 5. The van der Waals surface area contributed by atoms with Gasteiger partial charge in [0.1, 0.15) is 18.1 Å². The lowest BCUT2D eigenvalue weighted by Crippen LogP contribution is -2.44. The van der Waals surface area contributed by atoms with E-state index >= 15 is 0 Å². The summed E-state index contributed by atoms with van der Waals surface area (Å²) < 4.78 is 7.18. The molecule has 0 unspecified atom stereocenters. The molecule has 0 spiro atoms. The van der Waals surface area contributed by atoms with Crippen molar-refractivity contribution in [2.45, 2.75) is 53.0 Å². The summed E-state index contributed by atoms with van der Waals surface area (Å²) in [6, 6.07) is 8.11. The predicted octanol–water partition coefficient (Wildman–Crippen LogP) is 2.60. The summed E-state index contributed by atoms with van der Waals surface area (Å²) in [7, 11) is 3.62. The number of ether oxygens (including phenoxy) is 1. The highest BCUT2D eigenvalue weighted by molar-refractivity contribution is 5.79. The van der Waals surface area contributed by atoms with Gasteiger partial charge in [0.15, 0.2) is 11.8 Å². The average molecular weight is 431 g/mol. The van der Waals surface area contributed by atoms with Crippen molar-refractivity contribution in [1.82, 2.24) is 25.4 Å². The zero-order valence-corrected chi connectivity index (χ0v) is 19.6. The van der Waals surface area contributed by atoms with E-state index in [9.17, 15) is 5.11 Å². The fraction of sp³-hybridized carbons (Fsp3) is 0.609. The van der Waals surface area contributed by atoms with Crippen LogP contribution in [0.25, 0.3) is 0 Å². The van der Waals surface area contributed by atoms with E-state index in [-0.39, 0.29) is 12.0 Å². The first-order valence-electron chi connectivity index (χ1n) is 11.1. The smallest absolute Gasteiger partial charge is 0.191 e. The van der Waals surface area contributed by atoms with E-state index in [0.717, 1.165) is 62.1 Å². The molecule has 1 aromatic heterocycles. The van der Waals surface area contributed by atoms with E-state index in [1.54, 1.807) is 7.11 Å². The van der Waals surface area contributed by atoms with Gasteiger partial charge in [-0.2, -0.15) is 0 Å². The van der Waals surface area contributed by atoms with Crippen molar-refractivity contribution in [3.63, 3.8) is 0 Å². The Morgan fingerprint density at radius 1 is 1.16 bits per heavy atom. The van der Waals surface area contributed by atoms with Gasteiger partial charge >= 0.3 is 0 Å². The van der Waals surface area contributed by atoms with Gasteiger partial charge in [-0.1, -0.05) is 26.0 Å². The quantitative estimate of drug-likeness (QED) is 0.354. The molecule has 0 amide bonds. The molecule has 0 aliphatic heterocycles. The van der Waals surface area contributed by atoms with Crippen LogP contribution in [0.4, 0.5) is 0 Å². The van der Waals surface area contributed by atoms with E-state index in [1.165, 1.54) is 5.56 Å². The summed E-state index contributed by atoms with van der Waals surface area (Å²) >= 11 is 0. The topological polar surface area (TPSA) is 96.6 Å². The Bertz CT molecular complexity index is 812. The van der Waals surface area contributed by atoms with Gasteiger partial charge in [-0.05, 0) is 55.7 Å². The SMILES string of the molecule is CCC(CC)(CCO)CNC(=NCc1nnc(C)n1C)NCCc1ccc(OC)cc1. The largest absolute Gasteiger partial charge is 0.497 e. The molecule has 8 heteroatoms. The second-order valence-electron chi connectivity index (χ2n) is 7.95. The molecule has 0 radical (unpaired) electrons. The first kappa shape index (κ1) is 24.7. The van der Waals surface area contributed by atoms with Crippen molar-refractivity contribution in [3.8, 4) is 5.75 Å². The van der Waals surface area contributed by atoms with Crippen molar-refractivity contribution in [2.75, 3.05) is 26.8 Å². The summed E-state index contributed by atoms with van der Waals surface area (Å²) in [5.41, 5.74) is 1.28. The molecule has 1 aromatic carbocycles. The zero-order chi connectivity index (χ0) is 22.7. The molecule has 31 heavy (non-hydrogen) atoms. The number of benzene rings is 1. The number of aryl methyl sites for hydroxylation is 1. The lowest BCUT2D eigenvalue weighted by molar-refractivity contribution is 0.169. The number of nitrogens with one attached hydrogen (secondary N) is 2. The molecule has 3 N–H and O–H groups in total. The normalized spacial score (nSPS) is 12.1. The summed E-state index contributed by atoms with van der Waals surface area (Å²) in [6.07, 6.45) is 3.64. The van der Waals surface area contributed by atoms with Crippen molar-refractivity contribution in [1.29, 1.82) is 0 Å². The van der Waals surface area contributed by atoms with E-state index in [2.05, 4.69) is 46.8 Å². The van der Waals surface area contributed by atoms with Crippen LogP contribution in [-0.4, -0.2) is 52.6 Å². The van der Waals surface area contributed by atoms with Crippen molar-refractivity contribution in [2.24, 2.45) is 17.5 Å². The van der Waals surface area contributed by atoms with E-state index in [0.29, 0.717) is 6.54 Å². The molecule has 0 aliphatic rings. The minimum Gasteiger partial charge on any atom is -0.497 e. The average Bonchev–Trinajstić information content (AvgIpc) is 3.12. The molecule has 2 rings (SSSR count). The van der Waals surface area contributed by atoms with E-state index < -0.39 is 0 Å². The number of aliphatic imine (C=N–C) groups is 1. The fourth-order valence-electron chi connectivity index (χ4n) is 3.48. The molecule has 0 aliphatic carbocycles. The Morgan fingerprint density at radius 2 is 1.87 bits per heavy atom. The third-order valence-corrected chi connectivity index (χ3v) is 6.20. The second kappa shape index (κ2) is 12.3. The lowest BCUT2D eigenvalue weighted by atomic mass is 9.79. The predicted molar refractivity (Wildman–Crippen MR) is 124 cm³/mol. The Kier molecular flexibility index (Phi) is 9.78. The molecule has 0 fully saturated rings. The highest BCUT2D eigenvalue weighted by atomic mass is 16.5. The van der Waals surface area contributed by atoms with Gasteiger partial charge in [-0.25, -0.2) is 4.99 Å². The van der Waals surface area contributed by atoms with Crippen LogP contribution in [0.2, 0.25) is 0 Å². The monoisotopic (exact) mass is 430 g/mol. The van der Waals surface area contributed by atoms with Gasteiger partial charge < -0.3 is 25.0 Å². The number of aliphatic hydroxyl groups excluding tert-OH is 1. The first-order chi connectivity index (χ1) is 15.0.